The summed E-state index contributed by atoms with van der Waals surface area (Å²) in [5.41, 5.74) is 1.38. The highest BCUT2D eigenvalue weighted by atomic mass is 79.9. The SMILES string of the molecule is CC(C)CNCc1cc(Br)ccc1SC1CCOC1C. The lowest BCUT2D eigenvalue weighted by molar-refractivity contribution is 0.127. The van der Waals surface area contributed by atoms with Crippen LogP contribution in [-0.4, -0.2) is 24.5 Å². The molecule has 0 spiro atoms. The molecule has 1 fully saturated rings. The lowest BCUT2D eigenvalue weighted by Crippen LogP contribution is -2.20. The van der Waals surface area contributed by atoms with E-state index < -0.39 is 0 Å². The molecular formula is C16H24BrNOS. The van der Waals surface area contributed by atoms with Gasteiger partial charge in [-0.2, -0.15) is 0 Å². The van der Waals surface area contributed by atoms with E-state index in [4.69, 9.17) is 4.74 Å². The van der Waals surface area contributed by atoms with Crippen molar-refractivity contribution in [3.8, 4) is 0 Å². The van der Waals surface area contributed by atoms with Crippen LogP contribution in [0.1, 0.15) is 32.8 Å². The van der Waals surface area contributed by atoms with Gasteiger partial charge in [-0.25, -0.2) is 0 Å². The van der Waals surface area contributed by atoms with Gasteiger partial charge in [-0.1, -0.05) is 29.8 Å². The summed E-state index contributed by atoms with van der Waals surface area (Å²) in [6.07, 6.45) is 1.51. The summed E-state index contributed by atoms with van der Waals surface area (Å²) in [4.78, 5) is 1.38. The zero-order valence-corrected chi connectivity index (χ0v) is 14.9. The van der Waals surface area contributed by atoms with E-state index in [2.05, 4.69) is 60.2 Å². The van der Waals surface area contributed by atoms with Gasteiger partial charge >= 0.3 is 0 Å². The van der Waals surface area contributed by atoms with Crippen molar-refractivity contribution in [1.82, 2.24) is 5.32 Å². The van der Waals surface area contributed by atoms with Crippen molar-refractivity contribution < 1.29 is 4.74 Å². The van der Waals surface area contributed by atoms with E-state index >= 15 is 0 Å². The Labute approximate surface area is 135 Å². The van der Waals surface area contributed by atoms with Gasteiger partial charge in [0, 0.05) is 27.8 Å². The Hall–Kier alpha value is -0.0300. The van der Waals surface area contributed by atoms with Crippen LogP contribution in [0.15, 0.2) is 27.6 Å². The third-order valence-electron chi connectivity index (χ3n) is 3.48. The zero-order valence-electron chi connectivity index (χ0n) is 12.5. The fourth-order valence-corrected chi connectivity index (χ4v) is 3.97. The van der Waals surface area contributed by atoms with Crippen LogP contribution in [0.3, 0.4) is 0 Å². The van der Waals surface area contributed by atoms with Gasteiger partial charge in [-0.3, -0.25) is 0 Å². The molecule has 2 unspecified atom stereocenters. The molecule has 1 N–H and O–H groups in total. The molecule has 0 aromatic heterocycles. The highest BCUT2D eigenvalue weighted by Gasteiger charge is 2.25. The first-order valence-electron chi connectivity index (χ1n) is 7.33. The standard InChI is InChI=1S/C16H24BrNOS/c1-11(2)9-18-10-13-8-14(17)4-5-16(13)20-15-6-7-19-12(15)3/h4-5,8,11-12,15,18H,6-7,9-10H2,1-3H3. The number of benzene rings is 1. The molecule has 1 heterocycles. The van der Waals surface area contributed by atoms with Crippen molar-refractivity contribution in [3.05, 3.63) is 28.2 Å². The van der Waals surface area contributed by atoms with E-state index in [0.29, 0.717) is 17.3 Å². The van der Waals surface area contributed by atoms with Crippen molar-refractivity contribution in [2.75, 3.05) is 13.2 Å². The Balaban J connectivity index is 2.03. The second-order valence-electron chi connectivity index (χ2n) is 5.80. The first-order valence-corrected chi connectivity index (χ1v) is 9.01. The van der Waals surface area contributed by atoms with Crippen LogP contribution in [0.5, 0.6) is 0 Å². The molecule has 20 heavy (non-hydrogen) atoms. The second-order valence-corrected chi connectivity index (χ2v) is 7.99. The van der Waals surface area contributed by atoms with Crippen molar-refractivity contribution >= 4 is 27.7 Å². The summed E-state index contributed by atoms with van der Waals surface area (Å²) < 4.78 is 6.82. The number of hydrogen-bond acceptors (Lipinski definition) is 3. The quantitative estimate of drug-likeness (QED) is 0.811. The van der Waals surface area contributed by atoms with E-state index in [0.717, 1.165) is 30.6 Å². The van der Waals surface area contributed by atoms with Crippen LogP contribution in [-0.2, 0) is 11.3 Å². The fourth-order valence-electron chi connectivity index (χ4n) is 2.33. The molecule has 2 rings (SSSR count). The molecule has 1 aliphatic rings. The highest BCUT2D eigenvalue weighted by Crippen LogP contribution is 2.35. The molecule has 1 aromatic carbocycles. The van der Waals surface area contributed by atoms with Crippen molar-refractivity contribution in [2.24, 2.45) is 5.92 Å². The average Bonchev–Trinajstić information content (AvgIpc) is 2.78. The summed E-state index contributed by atoms with van der Waals surface area (Å²) >= 11 is 5.55. The minimum Gasteiger partial charge on any atom is -0.377 e. The maximum atomic E-state index is 5.67. The number of rotatable bonds is 6. The van der Waals surface area contributed by atoms with E-state index in [1.165, 1.54) is 10.5 Å². The van der Waals surface area contributed by atoms with Crippen LogP contribution in [0.25, 0.3) is 0 Å². The van der Waals surface area contributed by atoms with Gasteiger partial charge in [0.1, 0.15) is 0 Å². The van der Waals surface area contributed by atoms with Gasteiger partial charge in [-0.05, 0) is 49.6 Å². The summed E-state index contributed by atoms with van der Waals surface area (Å²) in [7, 11) is 0. The Morgan fingerprint density at radius 3 is 2.90 bits per heavy atom. The Morgan fingerprint density at radius 2 is 2.25 bits per heavy atom. The molecule has 2 nitrogen and oxygen atoms in total. The summed E-state index contributed by atoms with van der Waals surface area (Å²) in [5, 5.41) is 4.12. The summed E-state index contributed by atoms with van der Waals surface area (Å²) in [6, 6.07) is 6.59. The molecular weight excluding hydrogens is 334 g/mol. The van der Waals surface area contributed by atoms with Crippen LogP contribution in [0.4, 0.5) is 0 Å². The van der Waals surface area contributed by atoms with Crippen molar-refractivity contribution in [1.29, 1.82) is 0 Å². The monoisotopic (exact) mass is 357 g/mol. The minimum absolute atomic E-state index is 0.361. The lowest BCUT2D eigenvalue weighted by atomic mass is 10.2. The van der Waals surface area contributed by atoms with Crippen LogP contribution in [0.2, 0.25) is 0 Å². The number of hydrogen-bond donors (Lipinski definition) is 1. The fraction of sp³-hybridized carbons (Fsp3) is 0.625. The topological polar surface area (TPSA) is 21.3 Å². The maximum Gasteiger partial charge on any atom is 0.0669 e. The van der Waals surface area contributed by atoms with Crippen LogP contribution >= 0.6 is 27.7 Å². The number of thioether (sulfide) groups is 1. The van der Waals surface area contributed by atoms with Gasteiger partial charge in [-0.15, -0.1) is 11.8 Å². The van der Waals surface area contributed by atoms with E-state index in [9.17, 15) is 0 Å². The van der Waals surface area contributed by atoms with E-state index in [1.54, 1.807) is 0 Å². The van der Waals surface area contributed by atoms with Gasteiger partial charge in [0.05, 0.1) is 6.10 Å². The Morgan fingerprint density at radius 1 is 1.45 bits per heavy atom. The summed E-state index contributed by atoms with van der Waals surface area (Å²) in [6.45, 7) is 9.54. The molecule has 1 saturated heterocycles. The van der Waals surface area contributed by atoms with Gasteiger partial charge < -0.3 is 10.1 Å². The lowest BCUT2D eigenvalue weighted by Gasteiger charge is -2.17. The molecule has 4 heteroatoms. The van der Waals surface area contributed by atoms with E-state index in [-0.39, 0.29) is 0 Å². The third-order valence-corrected chi connectivity index (χ3v) is 5.54. The van der Waals surface area contributed by atoms with Gasteiger partial charge in [0.15, 0.2) is 0 Å². The number of nitrogens with one attached hydrogen (secondary N) is 1. The van der Waals surface area contributed by atoms with Crippen molar-refractivity contribution in [2.45, 2.75) is 50.0 Å². The average molecular weight is 358 g/mol. The molecule has 112 valence electrons. The highest BCUT2D eigenvalue weighted by molar-refractivity contribution is 9.10. The van der Waals surface area contributed by atoms with E-state index in [1.807, 2.05) is 11.8 Å². The Kier molecular flexibility index (Phi) is 6.40. The molecule has 0 aliphatic carbocycles. The smallest absolute Gasteiger partial charge is 0.0669 e. The molecule has 0 amide bonds. The summed E-state index contributed by atoms with van der Waals surface area (Å²) in [5.74, 6) is 0.682. The molecule has 2 atom stereocenters. The first kappa shape index (κ1) is 16.3. The largest absolute Gasteiger partial charge is 0.377 e. The van der Waals surface area contributed by atoms with Gasteiger partial charge in [0.2, 0.25) is 0 Å². The van der Waals surface area contributed by atoms with Crippen molar-refractivity contribution in [3.63, 3.8) is 0 Å². The number of halogens is 1. The minimum atomic E-state index is 0.361. The molecule has 1 aliphatic heterocycles. The van der Waals surface area contributed by atoms with Gasteiger partial charge in [0.25, 0.3) is 0 Å². The second kappa shape index (κ2) is 7.83. The molecule has 0 bridgehead atoms. The molecule has 0 radical (unpaired) electrons. The molecule has 1 aromatic rings. The normalized spacial score (nSPS) is 22.6. The first-order chi connectivity index (χ1) is 9.56. The predicted molar refractivity (Wildman–Crippen MR) is 90.4 cm³/mol. The zero-order chi connectivity index (χ0) is 14.5. The van der Waals surface area contributed by atoms with Crippen LogP contribution < -0.4 is 5.32 Å². The number of ether oxygens (including phenoxy) is 1. The van der Waals surface area contributed by atoms with Crippen LogP contribution in [0, 0.1) is 5.92 Å². The predicted octanol–water partition coefficient (Wildman–Crippen LogP) is 4.46. The maximum absolute atomic E-state index is 5.67. The Bertz CT molecular complexity index is 438. The molecule has 0 saturated carbocycles. The third kappa shape index (κ3) is 4.76.